The second-order valence-electron chi connectivity index (χ2n) is 6.15. The average molecular weight is 333 g/mol. The molecular formula is C20H31NO3. The fourth-order valence-corrected chi connectivity index (χ4v) is 2.46. The van der Waals surface area contributed by atoms with Gasteiger partial charge in [0.15, 0.2) is 0 Å². The van der Waals surface area contributed by atoms with Crippen LogP contribution in [-0.4, -0.2) is 18.4 Å². The third-order valence-electron chi connectivity index (χ3n) is 3.92. The molecule has 0 unspecified atom stereocenters. The summed E-state index contributed by atoms with van der Waals surface area (Å²) in [5, 5.41) is 2.74. The highest BCUT2D eigenvalue weighted by atomic mass is 16.5. The molecule has 0 aliphatic heterocycles. The molecule has 0 saturated carbocycles. The summed E-state index contributed by atoms with van der Waals surface area (Å²) in [5.74, 6) is 0.376. The maximum atomic E-state index is 11.7. The lowest BCUT2D eigenvalue weighted by Gasteiger charge is -2.07. The van der Waals surface area contributed by atoms with Gasteiger partial charge in [-0.1, -0.05) is 62.9 Å². The Bertz CT molecular complexity index is 459. The van der Waals surface area contributed by atoms with Crippen molar-refractivity contribution in [2.45, 2.75) is 71.3 Å². The van der Waals surface area contributed by atoms with Gasteiger partial charge in [0, 0.05) is 19.4 Å². The molecule has 1 amide bonds. The van der Waals surface area contributed by atoms with Crippen molar-refractivity contribution < 1.29 is 14.3 Å². The molecule has 0 spiro atoms. The number of amides is 1. The van der Waals surface area contributed by atoms with Crippen molar-refractivity contribution in [2.75, 3.05) is 6.54 Å². The molecular weight excluding hydrogens is 302 g/mol. The summed E-state index contributed by atoms with van der Waals surface area (Å²) in [4.78, 5) is 23.2. The molecule has 134 valence electrons. The number of nitrogens with one attached hydrogen (secondary N) is 1. The van der Waals surface area contributed by atoms with E-state index in [2.05, 4.69) is 12.2 Å². The molecule has 0 aliphatic carbocycles. The highest BCUT2D eigenvalue weighted by molar-refractivity contribution is 5.78. The number of Topliss-reactive ketones (excluding diaryl/α,β-unsaturated/α-hetero) is 1. The summed E-state index contributed by atoms with van der Waals surface area (Å²) >= 11 is 0. The van der Waals surface area contributed by atoms with Gasteiger partial charge in [-0.15, -0.1) is 0 Å². The summed E-state index contributed by atoms with van der Waals surface area (Å²) in [6.07, 6.45) is 8.38. The first-order valence-electron chi connectivity index (χ1n) is 9.18. The topological polar surface area (TPSA) is 55.4 Å². The Morgan fingerprint density at radius 2 is 1.58 bits per heavy atom. The Labute approximate surface area is 146 Å². The van der Waals surface area contributed by atoms with Crippen LogP contribution in [0.3, 0.4) is 0 Å². The van der Waals surface area contributed by atoms with Crippen LogP contribution in [0, 0.1) is 0 Å². The zero-order valence-electron chi connectivity index (χ0n) is 14.9. The first-order valence-corrected chi connectivity index (χ1v) is 9.18. The maximum absolute atomic E-state index is 11.7. The van der Waals surface area contributed by atoms with Crippen LogP contribution in [0.25, 0.3) is 0 Å². The van der Waals surface area contributed by atoms with Gasteiger partial charge >= 0.3 is 6.09 Å². The number of alkyl carbamates (subject to hydrolysis) is 1. The van der Waals surface area contributed by atoms with Crippen LogP contribution >= 0.6 is 0 Å². The second kappa shape index (κ2) is 13.6. The average Bonchev–Trinajstić information content (AvgIpc) is 2.61. The first kappa shape index (κ1) is 20.2. The monoisotopic (exact) mass is 333 g/mol. The summed E-state index contributed by atoms with van der Waals surface area (Å²) in [6.45, 7) is 3.06. The van der Waals surface area contributed by atoms with E-state index in [-0.39, 0.29) is 6.09 Å². The second-order valence-corrected chi connectivity index (χ2v) is 6.15. The van der Waals surface area contributed by atoms with Crippen molar-refractivity contribution in [2.24, 2.45) is 0 Å². The van der Waals surface area contributed by atoms with E-state index in [0.29, 0.717) is 25.4 Å². The van der Waals surface area contributed by atoms with Gasteiger partial charge in [-0.3, -0.25) is 4.79 Å². The van der Waals surface area contributed by atoms with Gasteiger partial charge < -0.3 is 10.1 Å². The van der Waals surface area contributed by atoms with Gasteiger partial charge in [0.2, 0.25) is 0 Å². The molecule has 0 bridgehead atoms. The van der Waals surface area contributed by atoms with E-state index in [9.17, 15) is 9.59 Å². The van der Waals surface area contributed by atoms with E-state index in [1.807, 2.05) is 30.3 Å². The Hall–Kier alpha value is -1.84. The van der Waals surface area contributed by atoms with E-state index in [0.717, 1.165) is 44.1 Å². The van der Waals surface area contributed by atoms with Crippen molar-refractivity contribution in [3.05, 3.63) is 35.9 Å². The number of benzene rings is 1. The number of hydrogen-bond donors (Lipinski definition) is 1. The largest absolute Gasteiger partial charge is 0.445 e. The molecule has 0 saturated heterocycles. The molecule has 0 atom stereocenters. The molecule has 24 heavy (non-hydrogen) atoms. The van der Waals surface area contributed by atoms with E-state index in [1.165, 1.54) is 12.8 Å². The lowest BCUT2D eigenvalue weighted by atomic mass is 10.1. The third kappa shape index (κ3) is 10.8. The predicted octanol–water partition coefficient (Wildman–Crippen LogP) is 5.01. The molecule has 0 fully saturated rings. The zero-order valence-corrected chi connectivity index (χ0v) is 14.9. The minimum Gasteiger partial charge on any atom is -0.445 e. The molecule has 1 aromatic carbocycles. The minimum atomic E-state index is -0.383. The summed E-state index contributed by atoms with van der Waals surface area (Å²) in [6, 6.07) is 9.61. The molecule has 0 radical (unpaired) electrons. The molecule has 1 rings (SSSR count). The summed E-state index contributed by atoms with van der Waals surface area (Å²) < 4.78 is 5.13. The molecule has 0 heterocycles. The van der Waals surface area contributed by atoms with Crippen LogP contribution in [-0.2, 0) is 16.1 Å². The highest BCUT2D eigenvalue weighted by Gasteiger charge is 2.03. The smallest absolute Gasteiger partial charge is 0.407 e. The number of carbonyl (C=O) groups excluding carboxylic acids is 2. The van der Waals surface area contributed by atoms with Gasteiger partial charge in [-0.05, 0) is 24.8 Å². The molecule has 1 N–H and O–H groups in total. The van der Waals surface area contributed by atoms with Crippen LogP contribution in [0.5, 0.6) is 0 Å². The van der Waals surface area contributed by atoms with Crippen LogP contribution in [0.2, 0.25) is 0 Å². The van der Waals surface area contributed by atoms with Crippen molar-refractivity contribution in [1.82, 2.24) is 5.32 Å². The highest BCUT2D eigenvalue weighted by Crippen LogP contribution is 2.07. The van der Waals surface area contributed by atoms with Crippen molar-refractivity contribution in [3.8, 4) is 0 Å². The van der Waals surface area contributed by atoms with Crippen molar-refractivity contribution in [3.63, 3.8) is 0 Å². The van der Waals surface area contributed by atoms with Gasteiger partial charge in [-0.2, -0.15) is 0 Å². The maximum Gasteiger partial charge on any atom is 0.407 e. The lowest BCUT2D eigenvalue weighted by Crippen LogP contribution is -2.25. The van der Waals surface area contributed by atoms with E-state index in [4.69, 9.17) is 4.74 Å². The number of hydrogen-bond acceptors (Lipinski definition) is 3. The van der Waals surface area contributed by atoms with Crippen LogP contribution < -0.4 is 5.32 Å². The van der Waals surface area contributed by atoms with Crippen molar-refractivity contribution >= 4 is 11.9 Å². The Kier molecular flexibility index (Phi) is 11.4. The van der Waals surface area contributed by atoms with Crippen LogP contribution in [0.15, 0.2) is 30.3 Å². The Morgan fingerprint density at radius 3 is 2.25 bits per heavy atom. The van der Waals surface area contributed by atoms with Gasteiger partial charge in [0.25, 0.3) is 0 Å². The fourth-order valence-electron chi connectivity index (χ4n) is 2.46. The standard InChI is InChI=1S/C20H31NO3/c1-2-3-4-9-14-19(22)15-10-6-11-16-21-20(23)24-17-18-12-7-5-8-13-18/h5,7-8,12-13H,2-4,6,9-11,14-17H2,1H3,(H,21,23). The summed E-state index contributed by atoms with van der Waals surface area (Å²) in [5.41, 5.74) is 0.977. The quantitative estimate of drug-likeness (QED) is 0.516. The minimum absolute atomic E-state index is 0.291. The van der Waals surface area contributed by atoms with E-state index >= 15 is 0 Å². The third-order valence-corrected chi connectivity index (χ3v) is 3.92. The fraction of sp³-hybridized carbons (Fsp3) is 0.600. The summed E-state index contributed by atoms with van der Waals surface area (Å²) in [7, 11) is 0. The SMILES string of the molecule is CCCCCCC(=O)CCCCCNC(=O)OCc1ccccc1. The molecule has 0 aromatic heterocycles. The lowest BCUT2D eigenvalue weighted by molar-refractivity contribution is -0.119. The molecule has 4 nitrogen and oxygen atoms in total. The number of ketones is 1. The molecule has 0 aliphatic rings. The van der Waals surface area contributed by atoms with E-state index in [1.54, 1.807) is 0 Å². The Morgan fingerprint density at radius 1 is 0.917 bits per heavy atom. The number of rotatable bonds is 13. The number of carbonyl (C=O) groups is 2. The number of unbranched alkanes of at least 4 members (excludes halogenated alkanes) is 5. The van der Waals surface area contributed by atoms with E-state index < -0.39 is 0 Å². The van der Waals surface area contributed by atoms with Gasteiger partial charge in [0.05, 0.1) is 0 Å². The number of ether oxygens (including phenoxy) is 1. The first-order chi connectivity index (χ1) is 11.7. The van der Waals surface area contributed by atoms with Crippen molar-refractivity contribution in [1.29, 1.82) is 0 Å². The predicted molar refractivity (Wildman–Crippen MR) is 96.9 cm³/mol. The molecule has 4 heteroatoms. The molecule has 1 aromatic rings. The zero-order chi connectivity index (χ0) is 17.5. The van der Waals surface area contributed by atoms with Gasteiger partial charge in [0.1, 0.15) is 12.4 Å². The van der Waals surface area contributed by atoms with Gasteiger partial charge in [-0.25, -0.2) is 4.79 Å². The normalized spacial score (nSPS) is 10.4. The Balaban J connectivity index is 1.92. The van der Waals surface area contributed by atoms with Crippen LogP contribution in [0.1, 0.15) is 70.3 Å². The van der Waals surface area contributed by atoms with Crippen LogP contribution in [0.4, 0.5) is 4.79 Å².